The Morgan fingerprint density at radius 2 is 1.91 bits per heavy atom. The number of rotatable bonds is 5. The van der Waals surface area contributed by atoms with E-state index in [1.54, 1.807) is 25.3 Å². The lowest BCUT2D eigenvalue weighted by atomic mass is 10.1. The number of methoxy groups -OCH3 is 1. The fourth-order valence-corrected chi connectivity index (χ4v) is 2.26. The summed E-state index contributed by atoms with van der Waals surface area (Å²) >= 11 is 0. The Balaban J connectivity index is 2.03. The van der Waals surface area contributed by atoms with Gasteiger partial charge < -0.3 is 15.4 Å². The molecule has 120 valence electrons. The molecule has 0 saturated carbocycles. The largest absolute Gasteiger partial charge is 0.497 e. The molecule has 23 heavy (non-hydrogen) atoms. The molecule has 2 amide bonds. The minimum absolute atomic E-state index is 0.125. The first-order valence-corrected chi connectivity index (χ1v) is 7.29. The normalized spacial score (nSPS) is 10.0. The van der Waals surface area contributed by atoms with Crippen LogP contribution < -0.4 is 15.4 Å². The fraction of sp³-hybridized carbons (Fsp3) is 0.222. The van der Waals surface area contributed by atoms with Crippen LogP contribution in [0.4, 0.5) is 5.69 Å². The molecule has 0 unspecified atom stereocenters. The van der Waals surface area contributed by atoms with E-state index in [0.717, 1.165) is 16.9 Å². The van der Waals surface area contributed by atoms with Crippen LogP contribution in [-0.2, 0) is 11.3 Å². The van der Waals surface area contributed by atoms with E-state index in [-0.39, 0.29) is 11.8 Å². The quantitative estimate of drug-likeness (QED) is 0.892. The van der Waals surface area contributed by atoms with E-state index in [0.29, 0.717) is 17.8 Å². The van der Waals surface area contributed by atoms with Crippen molar-refractivity contribution in [2.75, 3.05) is 12.4 Å². The van der Waals surface area contributed by atoms with Crippen LogP contribution in [0.3, 0.4) is 0 Å². The molecule has 0 atom stereocenters. The summed E-state index contributed by atoms with van der Waals surface area (Å²) in [7, 11) is 1.59. The maximum Gasteiger partial charge on any atom is 0.251 e. The van der Waals surface area contributed by atoms with Gasteiger partial charge in [-0.2, -0.15) is 0 Å². The van der Waals surface area contributed by atoms with E-state index in [1.807, 2.05) is 31.2 Å². The number of ether oxygens (including phenoxy) is 1. The van der Waals surface area contributed by atoms with Gasteiger partial charge in [0, 0.05) is 24.7 Å². The predicted octanol–water partition coefficient (Wildman–Crippen LogP) is 2.89. The monoisotopic (exact) mass is 312 g/mol. The Morgan fingerprint density at radius 1 is 1.13 bits per heavy atom. The van der Waals surface area contributed by atoms with Gasteiger partial charge >= 0.3 is 0 Å². The molecule has 0 aliphatic rings. The molecule has 0 radical (unpaired) electrons. The highest BCUT2D eigenvalue weighted by Gasteiger charge is 2.09. The maximum absolute atomic E-state index is 12.3. The molecule has 2 N–H and O–H groups in total. The van der Waals surface area contributed by atoms with Crippen molar-refractivity contribution < 1.29 is 14.3 Å². The summed E-state index contributed by atoms with van der Waals surface area (Å²) in [6.07, 6.45) is 0. The molecule has 0 aliphatic carbocycles. The van der Waals surface area contributed by atoms with Crippen molar-refractivity contribution >= 4 is 17.5 Å². The summed E-state index contributed by atoms with van der Waals surface area (Å²) < 4.78 is 5.14. The zero-order chi connectivity index (χ0) is 16.8. The number of carbonyl (C=O) groups excluding carboxylic acids is 2. The van der Waals surface area contributed by atoms with E-state index in [4.69, 9.17) is 4.74 Å². The Hall–Kier alpha value is -2.82. The molecule has 0 fully saturated rings. The highest BCUT2D eigenvalue weighted by atomic mass is 16.5. The number of anilines is 1. The van der Waals surface area contributed by atoms with Gasteiger partial charge in [-0.3, -0.25) is 9.59 Å². The van der Waals surface area contributed by atoms with E-state index in [9.17, 15) is 9.59 Å². The molecule has 0 saturated heterocycles. The zero-order valence-electron chi connectivity index (χ0n) is 13.5. The van der Waals surface area contributed by atoms with Gasteiger partial charge in [-0.15, -0.1) is 0 Å². The van der Waals surface area contributed by atoms with Gasteiger partial charge in [0.1, 0.15) is 5.75 Å². The molecule has 0 heterocycles. The van der Waals surface area contributed by atoms with Crippen LogP contribution in [0.15, 0.2) is 42.5 Å². The van der Waals surface area contributed by atoms with Crippen LogP contribution in [-0.4, -0.2) is 18.9 Å². The molecule has 0 bridgehead atoms. The lowest BCUT2D eigenvalue weighted by Crippen LogP contribution is -2.23. The Bertz CT molecular complexity index is 726. The van der Waals surface area contributed by atoms with Crippen LogP contribution in [0.2, 0.25) is 0 Å². The number of benzene rings is 2. The first-order chi connectivity index (χ1) is 11.0. The van der Waals surface area contributed by atoms with Gasteiger partial charge in [0.15, 0.2) is 0 Å². The van der Waals surface area contributed by atoms with Gasteiger partial charge in [-0.1, -0.05) is 12.1 Å². The van der Waals surface area contributed by atoms with E-state index < -0.39 is 0 Å². The van der Waals surface area contributed by atoms with Gasteiger partial charge in [-0.25, -0.2) is 0 Å². The average molecular weight is 312 g/mol. The smallest absolute Gasteiger partial charge is 0.251 e. The third-order valence-corrected chi connectivity index (χ3v) is 3.38. The molecule has 5 nitrogen and oxygen atoms in total. The summed E-state index contributed by atoms with van der Waals surface area (Å²) in [4.78, 5) is 23.4. The summed E-state index contributed by atoms with van der Waals surface area (Å²) in [5.74, 6) is 0.456. The summed E-state index contributed by atoms with van der Waals surface area (Å²) in [5.41, 5.74) is 3.10. The molecule has 0 spiro atoms. The van der Waals surface area contributed by atoms with Crippen LogP contribution >= 0.6 is 0 Å². The second kappa shape index (κ2) is 7.45. The first kappa shape index (κ1) is 16.5. The van der Waals surface area contributed by atoms with Crippen molar-refractivity contribution in [2.24, 2.45) is 0 Å². The highest BCUT2D eigenvalue weighted by molar-refractivity contribution is 5.95. The van der Waals surface area contributed by atoms with Crippen molar-refractivity contribution in [3.05, 3.63) is 59.2 Å². The lowest BCUT2D eigenvalue weighted by molar-refractivity contribution is -0.114. The highest BCUT2D eigenvalue weighted by Crippen LogP contribution is 2.17. The molecule has 0 aliphatic heterocycles. The number of hydrogen-bond acceptors (Lipinski definition) is 3. The topological polar surface area (TPSA) is 67.4 Å². The van der Waals surface area contributed by atoms with Crippen LogP contribution in [0, 0.1) is 6.92 Å². The Kier molecular flexibility index (Phi) is 5.36. The predicted molar refractivity (Wildman–Crippen MR) is 89.6 cm³/mol. The third-order valence-electron chi connectivity index (χ3n) is 3.38. The second-order valence-corrected chi connectivity index (χ2v) is 5.25. The SMILES string of the molecule is COc1ccc(C(=O)NCc2cccc(NC(C)=O)c2)c(C)c1. The summed E-state index contributed by atoms with van der Waals surface area (Å²) in [6, 6.07) is 12.7. The molecule has 2 rings (SSSR count). The standard InChI is InChI=1S/C18H20N2O3/c1-12-9-16(23-3)7-8-17(12)18(22)19-11-14-5-4-6-15(10-14)20-13(2)21/h4-10H,11H2,1-3H3,(H,19,22)(H,20,21). The van der Waals surface area contributed by atoms with Crippen LogP contribution in [0.5, 0.6) is 5.75 Å². The van der Waals surface area contributed by atoms with E-state index in [1.165, 1.54) is 6.92 Å². The summed E-state index contributed by atoms with van der Waals surface area (Å²) in [6.45, 7) is 3.72. The summed E-state index contributed by atoms with van der Waals surface area (Å²) in [5, 5.41) is 5.60. The Morgan fingerprint density at radius 3 is 2.57 bits per heavy atom. The zero-order valence-corrected chi connectivity index (χ0v) is 13.5. The number of carbonyl (C=O) groups is 2. The third kappa shape index (κ3) is 4.57. The Labute approximate surface area is 135 Å². The lowest BCUT2D eigenvalue weighted by Gasteiger charge is -2.10. The molecule has 0 aromatic heterocycles. The number of aryl methyl sites for hydroxylation is 1. The average Bonchev–Trinajstić information content (AvgIpc) is 2.52. The van der Waals surface area contributed by atoms with Crippen LogP contribution in [0.25, 0.3) is 0 Å². The fourth-order valence-electron chi connectivity index (χ4n) is 2.26. The van der Waals surface area contributed by atoms with Gasteiger partial charge in [0.25, 0.3) is 5.91 Å². The van der Waals surface area contributed by atoms with Gasteiger partial charge in [0.05, 0.1) is 7.11 Å². The first-order valence-electron chi connectivity index (χ1n) is 7.29. The maximum atomic E-state index is 12.3. The van der Waals surface area contributed by atoms with Gasteiger partial charge in [-0.05, 0) is 48.4 Å². The minimum Gasteiger partial charge on any atom is -0.497 e. The van der Waals surface area contributed by atoms with Crippen molar-refractivity contribution in [3.63, 3.8) is 0 Å². The molecular weight excluding hydrogens is 292 g/mol. The second-order valence-electron chi connectivity index (χ2n) is 5.25. The number of nitrogens with one attached hydrogen (secondary N) is 2. The molecule has 5 heteroatoms. The van der Waals surface area contributed by atoms with Crippen molar-refractivity contribution in [2.45, 2.75) is 20.4 Å². The number of amides is 2. The van der Waals surface area contributed by atoms with Crippen molar-refractivity contribution in [1.82, 2.24) is 5.32 Å². The van der Waals surface area contributed by atoms with E-state index in [2.05, 4.69) is 10.6 Å². The van der Waals surface area contributed by atoms with E-state index >= 15 is 0 Å². The van der Waals surface area contributed by atoms with Crippen molar-refractivity contribution in [3.8, 4) is 5.75 Å². The van der Waals surface area contributed by atoms with Crippen LogP contribution in [0.1, 0.15) is 28.4 Å². The molecule has 2 aromatic rings. The number of hydrogen-bond donors (Lipinski definition) is 2. The molecular formula is C18H20N2O3. The minimum atomic E-state index is -0.143. The van der Waals surface area contributed by atoms with Crippen molar-refractivity contribution in [1.29, 1.82) is 0 Å². The van der Waals surface area contributed by atoms with Gasteiger partial charge in [0.2, 0.25) is 5.91 Å². The molecule has 2 aromatic carbocycles.